The molecule has 0 heterocycles. The summed E-state index contributed by atoms with van der Waals surface area (Å²) in [5.41, 5.74) is 5.24. The molecule has 0 aliphatic heterocycles. The van der Waals surface area contributed by atoms with Crippen molar-refractivity contribution in [3.05, 3.63) is 0 Å². The Balaban J connectivity index is 2.32. The van der Waals surface area contributed by atoms with Gasteiger partial charge < -0.3 is 15.8 Å². The van der Waals surface area contributed by atoms with Gasteiger partial charge in [-0.25, -0.2) is 0 Å². The number of esters is 1. The lowest BCUT2D eigenvalue weighted by Crippen LogP contribution is -2.33. The van der Waals surface area contributed by atoms with Crippen LogP contribution in [0.4, 0.5) is 0 Å². The van der Waals surface area contributed by atoms with E-state index in [9.17, 15) is 9.59 Å². The van der Waals surface area contributed by atoms with E-state index in [0.29, 0.717) is 13.1 Å². The number of ether oxygens (including phenoxy) is 1. The second-order valence-electron chi connectivity index (χ2n) is 4.22. The maximum absolute atomic E-state index is 11.7. The zero-order chi connectivity index (χ0) is 13.2. The number of nitrogens with one attached hydrogen (secondary N) is 1. The van der Waals surface area contributed by atoms with Gasteiger partial charge in [0.25, 0.3) is 5.91 Å². The molecule has 1 amide bonds. The van der Waals surface area contributed by atoms with Crippen LogP contribution in [0.25, 0.3) is 0 Å². The number of hydrogen-bond acceptors (Lipinski definition) is 4. The number of rotatable bonds is 5. The summed E-state index contributed by atoms with van der Waals surface area (Å²) in [7, 11) is 0. The van der Waals surface area contributed by atoms with Crippen LogP contribution < -0.4 is 11.1 Å². The average Bonchev–Trinajstić information content (AvgIpc) is 2.33. The van der Waals surface area contributed by atoms with Crippen LogP contribution in [0.5, 0.6) is 0 Å². The SMILES string of the molecule is NCCNC(=O)COC(=O)C1C#CCCCCC1. The molecule has 0 aromatic rings. The van der Waals surface area contributed by atoms with E-state index in [4.69, 9.17) is 10.5 Å². The fraction of sp³-hybridized carbons (Fsp3) is 0.692. The standard InChI is InChI=1S/C13H20N2O3/c14-8-9-15-12(16)10-18-13(17)11-6-4-2-1-3-5-7-11/h11H,1-4,6,8-10,14H2,(H,15,16). The van der Waals surface area contributed by atoms with E-state index in [1.807, 2.05) is 0 Å². The molecular formula is C13H20N2O3. The predicted molar refractivity (Wildman–Crippen MR) is 67.4 cm³/mol. The highest BCUT2D eigenvalue weighted by molar-refractivity contribution is 5.82. The van der Waals surface area contributed by atoms with Crippen LogP contribution >= 0.6 is 0 Å². The molecule has 5 heteroatoms. The summed E-state index contributed by atoms with van der Waals surface area (Å²) >= 11 is 0. The van der Waals surface area contributed by atoms with E-state index in [1.54, 1.807) is 0 Å². The largest absolute Gasteiger partial charge is 0.455 e. The van der Waals surface area contributed by atoms with E-state index >= 15 is 0 Å². The molecule has 1 aliphatic carbocycles. The Morgan fingerprint density at radius 1 is 1.33 bits per heavy atom. The lowest BCUT2D eigenvalue weighted by molar-refractivity contribution is -0.151. The minimum Gasteiger partial charge on any atom is -0.455 e. The van der Waals surface area contributed by atoms with Gasteiger partial charge in [0.05, 0.1) is 0 Å². The lowest BCUT2D eigenvalue weighted by atomic mass is 9.98. The second-order valence-corrected chi connectivity index (χ2v) is 4.22. The highest BCUT2D eigenvalue weighted by Gasteiger charge is 2.19. The number of carbonyl (C=O) groups excluding carboxylic acids is 2. The minimum absolute atomic E-state index is 0.253. The van der Waals surface area contributed by atoms with Gasteiger partial charge in [-0.1, -0.05) is 18.8 Å². The number of nitrogens with two attached hydrogens (primary N) is 1. The van der Waals surface area contributed by atoms with Crippen LogP contribution in [-0.4, -0.2) is 31.6 Å². The molecule has 0 radical (unpaired) electrons. The quantitative estimate of drug-likeness (QED) is 0.540. The van der Waals surface area contributed by atoms with Crippen molar-refractivity contribution in [3.63, 3.8) is 0 Å². The predicted octanol–water partition coefficient (Wildman–Crippen LogP) is 0.188. The Morgan fingerprint density at radius 2 is 2.17 bits per heavy atom. The van der Waals surface area contributed by atoms with Crippen LogP contribution in [0.2, 0.25) is 0 Å². The first-order chi connectivity index (χ1) is 8.74. The second kappa shape index (κ2) is 8.54. The van der Waals surface area contributed by atoms with Gasteiger partial charge in [-0.2, -0.15) is 0 Å². The molecular weight excluding hydrogens is 232 g/mol. The Labute approximate surface area is 107 Å². The lowest BCUT2D eigenvalue weighted by Gasteiger charge is -2.12. The van der Waals surface area contributed by atoms with Crippen LogP contribution in [0.3, 0.4) is 0 Å². The maximum atomic E-state index is 11.7. The molecule has 5 nitrogen and oxygen atoms in total. The number of amides is 1. The summed E-state index contributed by atoms with van der Waals surface area (Å²) in [5.74, 6) is 4.78. The molecule has 1 aliphatic rings. The van der Waals surface area contributed by atoms with Gasteiger partial charge in [0, 0.05) is 19.5 Å². The van der Waals surface area contributed by atoms with Gasteiger partial charge >= 0.3 is 5.97 Å². The molecule has 18 heavy (non-hydrogen) atoms. The highest BCUT2D eigenvalue weighted by atomic mass is 16.5. The molecule has 100 valence electrons. The van der Waals surface area contributed by atoms with Crippen molar-refractivity contribution in [2.24, 2.45) is 11.7 Å². The van der Waals surface area contributed by atoms with E-state index in [1.165, 1.54) is 0 Å². The van der Waals surface area contributed by atoms with Crippen molar-refractivity contribution >= 4 is 11.9 Å². The van der Waals surface area contributed by atoms with Gasteiger partial charge in [0.15, 0.2) is 6.61 Å². The first-order valence-electron chi connectivity index (χ1n) is 6.36. The summed E-state index contributed by atoms with van der Waals surface area (Å²) in [5, 5.41) is 2.54. The minimum atomic E-state index is -0.396. The van der Waals surface area contributed by atoms with E-state index in [0.717, 1.165) is 32.1 Å². The van der Waals surface area contributed by atoms with Gasteiger partial charge in [-0.15, -0.1) is 5.92 Å². The monoisotopic (exact) mass is 252 g/mol. The van der Waals surface area contributed by atoms with Gasteiger partial charge in [0.2, 0.25) is 0 Å². The van der Waals surface area contributed by atoms with Crippen molar-refractivity contribution in [3.8, 4) is 11.8 Å². The van der Waals surface area contributed by atoms with Crippen LogP contribution in [-0.2, 0) is 14.3 Å². The maximum Gasteiger partial charge on any atom is 0.321 e. The molecule has 0 saturated carbocycles. The highest BCUT2D eigenvalue weighted by Crippen LogP contribution is 2.14. The average molecular weight is 252 g/mol. The number of hydrogen-bond donors (Lipinski definition) is 2. The normalized spacial score (nSPS) is 18.8. The molecule has 3 N–H and O–H groups in total. The molecule has 0 aromatic carbocycles. The Bertz CT molecular complexity index is 344. The molecule has 1 atom stereocenters. The summed E-state index contributed by atoms with van der Waals surface area (Å²) in [6, 6.07) is 0. The smallest absolute Gasteiger partial charge is 0.321 e. The zero-order valence-electron chi connectivity index (χ0n) is 10.5. The zero-order valence-corrected chi connectivity index (χ0v) is 10.5. The Kier molecular flexibility index (Phi) is 6.89. The first kappa shape index (κ1) is 14.5. The van der Waals surface area contributed by atoms with Crippen molar-refractivity contribution in [1.82, 2.24) is 5.32 Å². The third-order valence-corrected chi connectivity index (χ3v) is 2.67. The molecule has 1 rings (SSSR count). The molecule has 0 bridgehead atoms. The fourth-order valence-corrected chi connectivity index (χ4v) is 1.68. The van der Waals surface area contributed by atoms with Crippen molar-refractivity contribution in [1.29, 1.82) is 0 Å². The Morgan fingerprint density at radius 3 is 2.94 bits per heavy atom. The molecule has 0 spiro atoms. The summed E-state index contributed by atoms with van der Waals surface area (Å²) in [4.78, 5) is 22.9. The summed E-state index contributed by atoms with van der Waals surface area (Å²) in [6.45, 7) is 0.504. The van der Waals surface area contributed by atoms with Crippen LogP contribution in [0.15, 0.2) is 0 Å². The van der Waals surface area contributed by atoms with E-state index < -0.39 is 5.97 Å². The summed E-state index contributed by atoms with van der Waals surface area (Å²) < 4.78 is 4.94. The van der Waals surface area contributed by atoms with Gasteiger partial charge in [-0.3, -0.25) is 9.59 Å². The van der Waals surface area contributed by atoms with E-state index in [2.05, 4.69) is 17.2 Å². The van der Waals surface area contributed by atoms with Crippen LogP contribution in [0.1, 0.15) is 32.1 Å². The molecule has 0 fully saturated rings. The van der Waals surface area contributed by atoms with E-state index in [-0.39, 0.29) is 18.4 Å². The molecule has 0 saturated heterocycles. The van der Waals surface area contributed by atoms with Crippen molar-refractivity contribution in [2.75, 3.05) is 19.7 Å². The van der Waals surface area contributed by atoms with Gasteiger partial charge in [-0.05, 0) is 12.8 Å². The fourth-order valence-electron chi connectivity index (χ4n) is 1.68. The molecule has 0 aromatic heterocycles. The third kappa shape index (κ3) is 5.69. The van der Waals surface area contributed by atoms with Gasteiger partial charge in [0.1, 0.15) is 5.92 Å². The van der Waals surface area contributed by atoms with Crippen LogP contribution in [0, 0.1) is 17.8 Å². The van der Waals surface area contributed by atoms with Crippen molar-refractivity contribution in [2.45, 2.75) is 32.1 Å². The van der Waals surface area contributed by atoms with Crippen molar-refractivity contribution < 1.29 is 14.3 Å². The topological polar surface area (TPSA) is 81.4 Å². The third-order valence-electron chi connectivity index (χ3n) is 2.67. The number of carbonyl (C=O) groups is 2. The first-order valence-corrected chi connectivity index (χ1v) is 6.36. The Hall–Kier alpha value is -1.54. The molecule has 1 unspecified atom stereocenters. The summed E-state index contributed by atoms with van der Waals surface area (Å²) in [6.07, 6.45) is 4.72.